The number of rotatable bonds is 5. The van der Waals surface area contributed by atoms with Gasteiger partial charge in [-0.15, -0.1) is 0 Å². The lowest BCUT2D eigenvalue weighted by molar-refractivity contribution is 0.324. The fourth-order valence-corrected chi connectivity index (χ4v) is 1.81. The van der Waals surface area contributed by atoms with Crippen molar-refractivity contribution >= 4 is 11.6 Å². The third-order valence-corrected chi connectivity index (χ3v) is 2.74. The smallest absolute Gasteiger partial charge is 0.0453 e. The van der Waals surface area contributed by atoms with E-state index in [1.165, 1.54) is 11.1 Å². The topological polar surface area (TPSA) is 29.3 Å². The average molecular weight is 227 g/mol. The van der Waals surface area contributed by atoms with Crippen LogP contribution in [0.25, 0.3) is 0 Å². The van der Waals surface area contributed by atoms with E-state index in [-0.39, 0.29) is 0 Å². The lowest BCUT2D eigenvalue weighted by Gasteiger charge is -2.17. The van der Waals surface area contributed by atoms with E-state index >= 15 is 0 Å². The number of benzene rings is 1. The zero-order valence-corrected chi connectivity index (χ0v) is 10.2. The fourth-order valence-electron chi connectivity index (χ4n) is 1.51. The predicted octanol–water partition coefficient (Wildman–Crippen LogP) is 2.43. The van der Waals surface area contributed by atoms with Crippen molar-refractivity contribution in [2.24, 2.45) is 5.73 Å². The summed E-state index contributed by atoms with van der Waals surface area (Å²) in [6.45, 7) is 4.69. The first-order valence-corrected chi connectivity index (χ1v) is 5.65. The van der Waals surface area contributed by atoms with Gasteiger partial charge in [-0.05, 0) is 50.7 Å². The highest BCUT2D eigenvalue weighted by Gasteiger charge is 2.03. The van der Waals surface area contributed by atoms with Gasteiger partial charge in [-0.1, -0.05) is 23.7 Å². The third kappa shape index (κ3) is 4.20. The molecule has 0 saturated carbocycles. The minimum absolute atomic E-state index is 0.742. The quantitative estimate of drug-likeness (QED) is 0.836. The molecule has 3 heteroatoms. The Morgan fingerprint density at radius 2 is 2.13 bits per heavy atom. The normalized spacial score (nSPS) is 11.0. The maximum Gasteiger partial charge on any atom is 0.0453 e. The van der Waals surface area contributed by atoms with Crippen molar-refractivity contribution in [3.63, 3.8) is 0 Å². The molecule has 0 amide bonds. The molecule has 1 aromatic rings. The summed E-state index contributed by atoms with van der Waals surface area (Å²) < 4.78 is 0. The Bertz CT molecular complexity index is 312. The lowest BCUT2D eigenvalue weighted by Crippen LogP contribution is -2.21. The van der Waals surface area contributed by atoms with Crippen molar-refractivity contribution in [3.8, 4) is 0 Å². The summed E-state index contributed by atoms with van der Waals surface area (Å²) in [5.41, 5.74) is 7.85. The molecule has 0 spiro atoms. The van der Waals surface area contributed by atoms with E-state index in [0.29, 0.717) is 0 Å². The number of aryl methyl sites for hydroxylation is 1. The summed E-state index contributed by atoms with van der Waals surface area (Å²) in [6, 6.07) is 6.20. The Labute approximate surface area is 97.0 Å². The summed E-state index contributed by atoms with van der Waals surface area (Å²) in [6.07, 6.45) is 1.03. The molecule has 1 rings (SSSR count). The molecule has 0 aliphatic heterocycles. The first-order chi connectivity index (χ1) is 7.13. The van der Waals surface area contributed by atoms with Crippen molar-refractivity contribution in [2.75, 3.05) is 20.1 Å². The van der Waals surface area contributed by atoms with E-state index < -0.39 is 0 Å². The second-order valence-electron chi connectivity index (χ2n) is 3.97. The average Bonchev–Trinajstić information content (AvgIpc) is 2.19. The summed E-state index contributed by atoms with van der Waals surface area (Å²) in [5.74, 6) is 0. The molecule has 2 nitrogen and oxygen atoms in total. The van der Waals surface area contributed by atoms with Crippen LogP contribution < -0.4 is 5.73 Å². The monoisotopic (exact) mass is 226 g/mol. The molecule has 84 valence electrons. The molecular formula is C12H19ClN2. The second kappa shape index (κ2) is 6.11. The highest BCUT2D eigenvalue weighted by Crippen LogP contribution is 2.18. The number of halogens is 1. The lowest BCUT2D eigenvalue weighted by atomic mass is 10.1. The zero-order valence-electron chi connectivity index (χ0n) is 9.46. The third-order valence-electron chi connectivity index (χ3n) is 2.39. The molecule has 0 atom stereocenters. The molecule has 0 fully saturated rings. The molecule has 0 unspecified atom stereocenters. The highest BCUT2D eigenvalue weighted by atomic mass is 35.5. The van der Waals surface area contributed by atoms with Crippen LogP contribution in [0.3, 0.4) is 0 Å². The first-order valence-electron chi connectivity index (χ1n) is 5.27. The highest BCUT2D eigenvalue weighted by molar-refractivity contribution is 6.31. The standard InChI is InChI=1S/C12H19ClN2/c1-10-4-5-11(12(13)8-10)9-15(2)7-3-6-14/h4-5,8H,3,6-7,9,14H2,1-2H3. The van der Waals surface area contributed by atoms with Crippen LogP contribution in [0.5, 0.6) is 0 Å². The minimum atomic E-state index is 0.742. The van der Waals surface area contributed by atoms with Crippen LogP contribution in [0.4, 0.5) is 0 Å². The van der Waals surface area contributed by atoms with Gasteiger partial charge in [-0.2, -0.15) is 0 Å². The van der Waals surface area contributed by atoms with Crippen LogP contribution in [0, 0.1) is 6.92 Å². The van der Waals surface area contributed by atoms with Crippen LogP contribution in [0.15, 0.2) is 18.2 Å². The molecule has 0 aliphatic rings. The van der Waals surface area contributed by atoms with Crippen molar-refractivity contribution in [1.82, 2.24) is 4.90 Å². The van der Waals surface area contributed by atoms with Crippen molar-refractivity contribution < 1.29 is 0 Å². The predicted molar refractivity (Wildman–Crippen MR) is 66.2 cm³/mol. The molecule has 0 bridgehead atoms. The van der Waals surface area contributed by atoms with Gasteiger partial charge in [-0.25, -0.2) is 0 Å². The summed E-state index contributed by atoms with van der Waals surface area (Å²) in [5, 5.41) is 0.856. The molecule has 0 aliphatic carbocycles. The molecule has 0 radical (unpaired) electrons. The number of nitrogens with zero attached hydrogens (tertiary/aromatic N) is 1. The van der Waals surface area contributed by atoms with Gasteiger partial charge in [0.25, 0.3) is 0 Å². The number of hydrogen-bond donors (Lipinski definition) is 1. The Kier molecular flexibility index (Phi) is 5.09. The van der Waals surface area contributed by atoms with Gasteiger partial charge in [0.05, 0.1) is 0 Å². The summed E-state index contributed by atoms with van der Waals surface area (Å²) >= 11 is 6.16. The van der Waals surface area contributed by atoms with Crippen molar-refractivity contribution in [2.45, 2.75) is 19.9 Å². The van der Waals surface area contributed by atoms with Gasteiger partial charge in [0.15, 0.2) is 0 Å². The van der Waals surface area contributed by atoms with Gasteiger partial charge in [-0.3, -0.25) is 0 Å². The molecular weight excluding hydrogens is 208 g/mol. The van der Waals surface area contributed by atoms with Crippen molar-refractivity contribution in [3.05, 3.63) is 34.3 Å². The van der Waals surface area contributed by atoms with Gasteiger partial charge < -0.3 is 10.6 Å². The Morgan fingerprint density at radius 1 is 1.40 bits per heavy atom. The van der Waals surface area contributed by atoms with E-state index in [0.717, 1.165) is 31.1 Å². The van der Waals surface area contributed by atoms with Crippen LogP contribution >= 0.6 is 11.6 Å². The Balaban J connectivity index is 2.56. The molecule has 2 N–H and O–H groups in total. The van der Waals surface area contributed by atoms with Crippen LogP contribution in [0.1, 0.15) is 17.5 Å². The van der Waals surface area contributed by atoms with E-state index in [2.05, 4.69) is 24.1 Å². The maximum atomic E-state index is 6.16. The van der Waals surface area contributed by atoms with Crippen molar-refractivity contribution in [1.29, 1.82) is 0 Å². The van der Waals surface area contributed by atoms with Gasteiger partial charge in [0.2, 0.25) is 0 Å². The Morgan fingerprint density at radius 3 is 2.73 bits per heavy atom. The number of hydrogen-bond acceptors (Lipinski definition) is 2. The maximum absolute atomic E-state index is 6.16. The van der Waals surface area contributed by atoms with E-state index in [9.17, 15) is 0 Å². The SMILES string of the molecule is Cc1ccc(CN(C)CCCN)c(Cl)c1. The fraction of sp³-hybridized carbons (Fsp3) is 0.500. The van der Waals surface area contributed by atoms with E-state index in [4.69, 9.17) is 17.3 Å². The first kappa shape index (κ1) is 12.5. The molecule has 0 aromatic heterocycles. The van der Waals surface area contributed by atoms with Crippen LogP contribution in [-0.2, 0) is 6.54 Å². The zero-order chi connectivity index (χ0) is 11.3. The minimum Gasteiger partial charge on any atom is -0.330 e. The molecule has 15 heavy (non-hydrogen) atoms. The second-order valence-corrected chi connectivity index (χ2v) is 4.38. The molecule has 0 heterocycles. The number of nitrogens with two attached hydrogens (primary N) is 1. The van der Waals surface area contributed by atoms with E-state index in [1.807, 2.05) is 13.0 Å². The summed E-state index contributed by atoms with van der Waals surface area (Å²) in [7, 11) is 2.09. The van der Waals surface area contributed by atoms with Gasteiger partial charge >= 0.3 is 0 Å². The van der Waals surface area contributed by atoms with E-state index in [1.54, 1.807) is 0 Å². The molecule has 1 aromatic carbocycles. The molecule has 0 saturated heterocycles. The van der Waals surface area contributed by atoms with Gasteiger partial charge in [0.1, 0.15) is 0 Å². The summed E-state index contributed by atoms with van der Waals surface area (Å²) in [4.78, 5) is 2.24. The van der Waals surface area contributed by atoms with Gasteiger partial charge in [0, 0.05) is 11.6 Å². The Hall–Kier alpha value is -0.570. The van der Waals surface area contributed by atoms with Crippen LogP contribution in [-0.4, -0.2) is 25.0 Å². The van der Waals surface area contributed by atoms with Crippen LogP contribution in [0.2, 0.25) is 5.02 Å². The largest absolute Gasteiger partial charge is 0.330 e.